The molecule has 0 fully saturated rings. The number of nitrogens with two attached hydrogens (primary N) is 1. The Morgan fingerprint density at radius 1 is 1.17 bits per heavy atom. The van der Waals surface area contributed by atoms with Gasteiger partial charge in [-0.15, -0.1) is 0 Å². The van der Waals surface area contributed by atoms with E-state index in [0.717, 1.165) is 7.05 Å². The molecule has 0 spiro atoms. The van der Waals surface area contributed by atoms with Gasteiger partial charge >= 0.3 is 12.1 Å². The van der Waals surface area contributed by atoms with Gasteiger partial charge in [0, 0.05) is 12.7 Å². The summed E-state index contributed by atoms with van der Waals surface area (Å²) in [6.45, 7) is 0. The number of hydrogen-bond acceptors (Lipinski definition) is 2. The SMILES string of the molecule is Cn1c(C(F)(F)C(F)(F)F)nc2ccc(N)cc21. The lowest BCUT2D eigenvalue weighted by Gasteiger charge is -2.18. The van der Waals surface area contributed by atoms with Crippen LogP contribution in [0.25, 0.3) is 11.0 Å². The number of fused-ring (bicyclic) bond motifs is 1. The van der Waals surface area contributed by atoms with E-state index in [4.69, 9.17) is 5.73 Å². The minimum absolute atomic E-state index is 0.0330. The van der Waals surface area contributed by atoms with E-state index in [-0.39, 0.29) is 16.7 Å². The van der Waals surface area contributed by atoms with Gasteiger partial charge in [-0.3, -0.25) is 0 Å². The third-order valence-corrected chi connectivity index (χ3v) is 2.54. The maximum Gasteiger partial charge on any atom is 0.461 e. The molecule has 0 saturated carbocycles. The Balaban J connectivity index is 2.70. The van der Waals surface area contributed by atoms with E-state index < -0.39 is 17.9 Å². The molecule has 0 amide bonds. The molecule has 0 radical (unpaired) electrons. The Morgan fingerprint density at radius 2 is 1.78 bits per heavy atom. The van der Waals surface area contributed by atoms with Crippen LogP contribution >= 0.6 is 0 Å². The average Bonchev–Trinajstić information content (AvgIpc) is 2.55. The Kier molecular flexibility index (Phi) is 2.49. The number of alkyl halides is 5. The maximum absolute atomic E-state index is 13.2. The summed E-state index contributed by atoms with van der Waals surface area (Å²) in [5.41, 5.74) is 5.86. The van der Waals surface area contributed by atoms with Crippen molar-refractivity contribution in [3.63, 3.8) is 0 Å². The molecule has 2 aromatic rings. The van der Waals surface area contributed by atoms with Crippen molar-refractivity contribution in [2.24, 2.45) is 7.05 Å². The van der Waals surface area contributed by atoms with E-state index in [1.165, 1.54) is 18.2 Å². The van der Waals surface area contributed by atoms with E-state index in [9.17, 15) is 22.0 Å². The molecular formula is C10H8F5N3. The summed E-state index contributed by atoms with van der Waals surface area (Å²) in [5.74, 6) is -6.36. The van der Waals surface area contributed by atoms with E-state index in [1.807, 2.05) is 0 Å². The highest BCUT2D eigenvalue weighted by atomic mass is 19.4. The number of aromatic nitrogens is 2. The van der Waals surface area contributed by atoms with Gasteiger partial charge in [0.25, 0.3) is 0 Å². The van der Waals surface area contributed by atoms with E-state index in [2.05, 4.69) is 4.98 Å². The van der Waals surface area contributed by atoms with Crippen LogP contribution in [0.4, 0.5) is 27.6 Å². The van der Waals surface area contributed by atoms with Gasteiger partial charge in [-0.2, -0.15) is 22.0 Å². The zero-order valence-electron chi connectivity index (χ0n) is 9.09. The fourth-order valence-electron chi connectivity index (χ4n) is 1.61. The van der Waals surface area contributed by atoms with Crippen LogP contribution in [0.15, 0.2) is 18.2 Å². The first kappa shape index (κ1) is 12.6. The molecule has 0 aliphatic carbocycles. The third-order valence-electron chi connectivity index (χ3n) is 2.54. The molecule has 0 atom stereocenters. The summed E-state index contributed by atoms with van der Waals surface area (Å²) in [4.78, 5) is 3.33. The molecule has 0 unspecified atom stereocenters. The first-order valence-electron chi connectivity index (χ1n) is 4.81. The molecular weight excluding hydrogens is 257 g/mol. The normalized spacial score (nSPS) is 13.2. The first-order chi connectivity index (χ1) is 8.14. The van der Waals surface area contributed by atoms with E-state index >= 15 is 0 Å². The number of imidazole rings is 1. The zero-order valence-corrected chi connectivity index (χ0v) is 9.09. The summed E-state index contributed by atoms with van der Waals surface area (Å²) in [6.07, 6.45) is -5.69. The van der Waals surface area contributed by atoms with E-state index in [1.54, 1.807) is 0 Å². The van der Waals surface area contributed by atoms with Crippen molar-refractivity contribution < 1.29 is 22.0 Å². The van der Waals surface area contributed by atoms with Gasteiger partial charge in [-0.1, -0.05) is 0 Å². The second-order valence-corrected chi connectivity index (χ2v) is 3.81. The van der Waals surface area contributed by atoms with Crippen molar-refractivity contribution in [2.75, 3.05) is 5.73 Å². The van der Waals surface area contributed by atoms with Crippen LogP contribution in [0.5, 0.6) is 0 Å². The Hall–Kier alpha value is -1.86. The van der Waals surface area contributed by atoms with Crippen LogP contribution in [0.1, 0.15) is 5.82 Å². The number of nitrogen functional groups attached to an aromatic ring is 1. The lowest BCUT2D eigenvalue weighted by Crippen LogP contribution is -2.36. The quantitative estimate of drug-likeness (QED) is 0.636. The molecule has 0 saturated heterocycles. The molecule has 1 aromatic carbocycles. The van der Waals surface area contributed by atoms with Crippen molar-refractivity contribution in [1.29, 1.82) is 0 Å². The Labute approximate surface area is 98.0 Å². The lowest BCUT2D eigenvalue weighted by molar-refractivity contribution is -0.293. The van der Waals surface area contributed by atoms with E-state index in [0.29, 0.717) is 4.57 Å². The van der Waals surface area contributed by atoms with Crippen molar-refractivity contribution in [3.8, 4) is 0 Å². The standard InChI is InChI=1S/C10H8F5N3/c1-18-7-4-5(16)2-3-6(7)17-8(18)9(11,12)10(13,14)15/h2-4H,16H2,1H3. The number of benzene rings is 1. The Morgan fingerprint density at radius 3 is 2.33 bits per heavy atom. The summed E-state index contributed by atoms with van der Waals surface area (Å²) in [5, 5.41) is 0. The minimum atomic E-state index is -5.69. The zero-order chi connectivity index (χ0) is 13.7. The average molecular weight is 265 g/mol. The number of rotatable bonds is 1. The molecule has 0 aliphatic rings. The van der Waals surface area contributed by atoms with Crippen LogP contribution in [-0.4, -0.2) is 15.7 Å². The summed E-state index contributed by atoms with van der Waals surface area (Å²) < 4.78 is 64.0. The molecule has 0 bridgehead atoms. The van der Waals surface area contributed by atoms with Gasteiger partial charge in [0.05, 0.1) is 11.0 Å². The van der Waals surface area contributed by atoms with Gasteiger partial charge < -0.3 is 10.3 Å². The van der Waals surface area contributed by atoms with Gasteiger partial charge in [-0.05, 0) is 18.2 Å². The van der Waals surface area contributed by atoms with Crippen LogP contribution < -0.4 is 5.73 Å². The summed E-state index contributed by atoms with van der Waals surface area (Å²) in [6, 6.07) is 3.96. The second-order valence-electron chi connectivity index (χ2n) is 3.81. The van der Waals surface area contributed by atoms with Crippen LogP contribution in [-0.2, 0) is 13.0 Å². The highest BCUT2D eigenvalue weighted by Crippen LogP contribution is 2.43. The van der Waals surface area contributed by atoms with Crippen LogP contribution in [0.2, 0.25) is 0 Å². The molecule has 18 heavy (non-hydrogen) atoms. The number of hydrogen-bond donors (Lipinski definition) is 1. The van der Waals surface area contributed by atoms with Crippen molar-refractivity contribution in [2.45, 2.75) is 12.1 Å². The highest BCUT2D eigenvalue weighted by Gasteiger charge is 2.61. The minimum Gasteiger partial charge on any atom is -0.399 e. The van der Waals surface area contributed by atoms with Gasteiger partial charge in [0.2, 0.25) is 0 Å². The van der Waals surface area contributed by atoms with Crippen molar-refractivity contribution >= 4 is 16.7 Å². The predicted octanol–water partition coefficient (Wildman–Crippen LogP) is 2.81. The maximum atomic E-state index is 13.2. The topological polar surface area (TPSA) is 43.8 Å². The number of halogens is 5. The number of nitrogens with zero attached hydrogens (tertiary/aromatic N) is 2. The first-order valence-corrected chi connectivity index (χ1v) is 4.81. The molecule has 1 heterocycles. The molecule has 1 aromatic heterocycles. The smallest absolute Gasteiger partial charge is 0.399 e. The van der Waals surface area contributed by atoms with Gasteiger partial charge in [-0.25, -0.2) is 4.98 Å². The predicted molar refractivity (Wildman–Crippen MR) is 55.1 cm³/mol. The fraction of sp³-hybridized carbons (Fsp3) is 0.300. The fourth-order valence-corrected chi connectivity index (χ4v) is 1.61. The van der Waals surface area contributed by atoms with Crippen molar-refractivity contribution in [3.05, 3.63) is 24.0 Å². The lowest BCUT2D eigenvalue weighted by atomic mass is 10.3. The number of anilines is 1. The molecule has 3 nitrogen and oxygen atoms in total. The molecule has 0 aliphatic heterocycles. The van der Waals surface area contributed by atoms with Crippen LogP contribution in [0, 0.1) is 0 Å². The Bertz CT molecular complexity index is 599. The van der Waals surface area contributed by atoms with Gasteiger partial charge in [0.15, 0.2) is 5.82 Å². The monoisotopic (exact) mass is 265 g/mol. The van der Waals surface area contributed by atoms with Gasteiger partial charge in [0.1, 0.15) is 0 Å². The molecule has 8 heteroatoms. The summed E-state index contributed by atoms with van der Waals surface area (Å²) in [7, 11) is 1.09. The van der Waals surface area contributed by atoms with Crippen molar-refractivity contribution in [1.82, 2.24) is 9.55 Å². The molecule has 2 N–H and O–H groups in total. The number of aryl methyl sites for hydroxylation is 1. The largest absolute Gasteiger partial charge is 0.461 e. The third kappa shape index (κ3) is 1.68. The molecule has 2 rings (SSSR count). The summed E-state index contributed by atoms with van der Waals surface area (Å²) >= 11 is 0. The molecule has 98 valence electrons. The highest BCUT2D eigenvalue weighted by molar-refractivity contribution is 5.79. The van der Waals surface area contributed by atoms with Crippen LogP contribution in [0.3, 0.4) is 0 Å². The second kappa shape index (κ2) is 3.56.